The first kappa shape index (κ1) is 21.4. The minimum atomic E-state index is -1.26. The van der Waals surface area contributed by atoms with E-state index in [-0.39, 0.29) is 0 Å². The minimum absolute atomic E-state index is 0.348. The maximum Gasteiger partial charge on any atom is 0.328 e. The van der Waals surface area contributed by atoms with Gasteiger partial charge < -0.3 is 15.5 Å². The average molecular weight is 396 g/mol. The zero-order chi connectivity index (χ0) is 19.8. The zero-order valence-corrected chi connectivity index (χ0v) is 16.7. The summed E-state index contributed by atoms with van der Waals surface area (Å²) in [5.74, 6) is -2.51. The molecule has 27 heavy (non-hydrogen) atoms. The number of anilines is 1. The number of rotatable bonds is 7. The maximum atomic E-state index is 9.55. The van der Waals surface area contributed by atoms with E-state index in [1.54, 1.807) is 10.4 Å². The number of unbranched alkanes of at least 4 members (excludes halogenated alkanes) is 2. The Balaban J connectivity index is 0.000000279. The van der Waals surface area contributed by atoms with Gasteiger partial charge in [-0.15, -0.1) is 11.3 Å². The van der Waals surface area contributed by atoms with Crippen molar-refractivity contribution in [1.82, 2.24) is 10.6 Å². The summed E-state index contributed by atoms with van der Waals surface area (Å²) in [6, 6.07) is 0. The molecule has 0 spiro atoms. The van der Waals surface area contributed by atoms with Crippen molar-refractivity contribution < 1.29 is 19.8 Å². The van der Waals surface area contributed by atoms with Crippen molar-refractivity contribution in [3.05, 3.63) is 28.2 Å². The summed E-state index contributed by atoms with van der Waals surface area (Å²) in [4.78, 5) is 20.7. The van der Waals surface area contributed by atoms with Crippen molar-refractivity contribution in [2.75, 3.05) is 11.9 Å². The van der Waals surface area contributed by atoms with E-state index in [9.17, 15) is 9.59 Å². The summed E-state index contributed by atoms with van der Waals surface area (Å²) in [7, 11) is 0. The Kier molecular flexibility index (Phi) is 8.27. The van der Waals surface area contributed by atoms with Crippen LogP contribution in [0.15, 0.2) is 12.2 Å². The molecule has 0 fully saturated rings. The molecule has 8 heteroatoms. The number of fused-ring (bicyclic) bond motifs is 3. The van der Waals surface area contributed by atoms with Crippen LogP contribution in [0, 0.1) is 0 Å². The highest BCUT2D eigenvalue weighted by Crippen LogP contribution is 2.43. The molecule has 5 N–H and O–H groups in total. The number of thiophene rings is 1. The van der Waals surface area contributed by atoms with Crippen molar-refractivity contribution in [1.29, 1.82) is 0 Å². The Morgan fingerprint density at radius 2 is 1.93 bits per heavy atom. The summed E-state index contributed by atoms with van der Waals surface area (Å²) in [5.41, 5.74) is 3.15. The summed E-state index contributed by atoms with van der Waals surface area (Å²) < 4.78 is 0. The molecule has 0 bridgehead atoms. The van der Waals surface area contributed by atoms with E-state index < -0.39 is 11.9 Å². The molecule has 0 amide bonds. The number of aliphatic carboxylic acids is 2. The quantitative estimate of drug-likeness (QED) is 0.356. The highest BCUT2D eigenvalue weighted by molar-refractivity contribution is 7.16. The molecule has 2 unspecified atom stereocenters. The van der Waals surface area contributed by atoms with Crippen molar-refractivity contribution in [3.8, 4) is 0 Å². The fourth-order valence-electron chi connectivity index (χ4n) is 3.34. The number of carboxylic acid groups (broad SMARTS) is 2. The molecule has 150 valence electrons. The number of carboxylic acids is 2. The second-order valence-electron chi connectivity index (χ2n) is 6.74. The normalized spacial score (nSPS) is 20.4. The fourth-order valence-corrected chi connectivity index (χ4v) is 4.75. The molecule has 0 radical (unpaired) electrons. The van der Waals surface area contributed by atoms with Gasteiger partial charge in [-0.25, -0.2) is 9.59 Å². The fraction of sp³-hybridized carbons (Fsp3) is 0.579. The van der Waals surface area contributed by atoms with Gasteiger partial charge in [0.15, 0.2) is 0 Å². The molecule has 7 nitrogen and oxygen atoms in total. The summed E-state index contributed by atoms with van der Waals surface area (Å²) in [6.45, 7) is 5.57. The number of hydrogen-bond donors (Lipinski definition) is 5. The highest BCUT2D eigenvalue weighted by atomic mass is 32.1. The lowest BCUT2D eigenvalue weighted by Gasteiger charge is -2.32. The predicted octanol–water partition coefficient (Wildman–Crippen LogP) is 3.09. The van der Waals surface area contributed by atoms with Crippen LogP contribution in [0.1, 0.15) is 61.7 Å². The second kappa shape index (κ2) is 10.4. The van der Waals surface area contributed by atoms with Crippen LogP contribution < -0.4 is 16.0 Å². The molecule has 0 aromatic carbocycles. The Morgan fingerprint density at radius 1 is 1.22 bits per heavy atom. The summed E-state index contributed by atoms with van der Waals surface area (Å²) >= 11 is 1.98. The first-order valence-corrected chi connectivity index (χ1v) is 10.3. The summed E-state index contributed by atoms with van der Waals surface area (Å²) in [5, 5.41) is 28.0. The van der Waals surface area contributed by atoms with Crippen LogP contribution in [0.25, 0.3) is 0 Å². The Morgan fingerprint density at radius 3 is 2.56 bits per heavy atom. The van der Waals surface area contributed by atoms with E-state index >= 15 is 0 Å². The van der Waals surface area contributed by atoms with E-state index in [0.29, 0.717) is 24.5 Å². The monoisotopic (exact) mass is 395 g/mol. The Bertz CT molecular complexity index is 671. The molecule has 1 aromatic rings. The number of aryl methyl sites for hydroxylation is 1. The molecular formula is C19H29N3O4S. The molecule has 1 aliphatic heterocycles. The molecule has 1 aromatic heterocycles. The van der Waals surface area contributed by atoms with Crippen molar-refractivity contribution in [3.63, 3.8) is 0 Å². The highest BCUT2D eigenvalue weighted by Gasteiger charge is 2.31. The molecule has 2 heterocycles. The van der Waals surface area contributed by atoms with Gasteiger partial charge in [-0.1, -0.05) is 19.8 Å². The van der Waals surface area contributed by atoms with Gasteiger partial charge >= 0.3 is 11.9 Å². The van der Waals surface area contributed by atoms with Crippen LogP contribution in [0.2, 0.25) is 0 Å². The second-order valence-corrected chi connectivity index (χ2v) is 7.84. The first-order valence-electron chi connectivity index (χ1n) is 9.46. The van der Waals surface area contributed by atoms with Crippen LogP contribution in [0.3, 0.4) is 0 Å². The van der Waals surface area contributed by atoms with E-state index in [0.717, 1.165) is 6.54 Å². The molecular weight excluding hydrogens is 366 g/mol. The standard InChI is InChI=1S/C15H25N3S.C4H4O4/c1-3-4-5-9-16-14-13-11-7-6-8-12(11)19-15(13)18-10(2)17-14;5-3(6)1-2-4(7)8/h10,14,16-18H,3-9H2,1-2H3;1-2H,(H,5,6)(H,7,8)/b;2-1-. The van der Waals surface area contributed by atoms with E-state index in [4.69, 9.17) is 10.2 Å². The van der Waals surface area contributed by atoms with Gasteiger partial charge in [-0.3, -0.25) is 10.6 Å². The van der Waals surface area contributed by atoms with Gasteiger partial charge in [0, 0.05) is 22.6 Å². The zero-order valence-electron chi connectivity index (χ0n) is 15.9. The maximum absolute atomic E-state index is 9.55. The number of hydrogen-bond acceptors (Lipinski definition) is 6. The van der Waals surface area contributed by atoms with Gasteiger partial charge in [0.25, 0.3) is 0 Å². The molecule has 1 aliphatic carbocycles. The van der Waals surface area contributed by atoms with E-state index in [1.807, 2.05) is 11.3 Å². The van der Waals surface area contributed by atoms with Crippen LogP contribution in [-0.2, 0) is 22.4 Å². The predicted molar refractivity (Wildman–Crippen MR) is 107 cm³/mol. The molecule has 2 aliphatic rings. The Hall–Kier alpha value is -1.90. The van der Waals surface area contributed by atoms with Crippen molar-refractivity contribution in [2.24, 2.45) is 0 Å². The largest absolute Gasteiger partial charge is 0.478 e. The van der Waals surface area contributed by atoms with Gasteiger partial charge in [0.05, 0.1) is 17.3 Å². The van der Waals surface area contributed by atoms with E-state index in [2.05, 4.69) is 29.8 Å². The van der Waals surface area contributed by atoms with Gasteiger partial charge in [0.2, 0.25) is 0 Å². The lowest BCUT2D eigenvalue weighted by molar-refractivity contribution is -0.134. The van der Waals surface area contributed by atoms with E-state index in [1.165, 1.54) is 49.1 Å². The van der Waals surface area contributed by atoms with Crippen LogP contribution in [-0.4, -0.2) is 34.9 Å². The smallest absolute Gasteiger partial charge is 0.328 e. The van der Waals surface area contributed by atoms with Crippen molar-refractivity contribution >= 4 is 28.3 Å². The van der Waals surface area contributed by atoms with Gasteiger partial charge in [-0.2, -0.15) is 0 Å². The van der Waals surface area contributed by atoms with Gasteiger partial charge in [-0.05, 0) is 44.7 Å². The van der Waals surface area contributed by atoms with Crippen LogP contribution in [0.4, 0.5) is 5.00 Å². The molecule has 0 saturated carbocycles. The third-order valence-corrected chi connectivity index (χ3v) is 5.75. The average Bonchev–Trinajstić information content (AvgIpc) is 3.17. The molecule has 0 saturated heterocycles. The lowest BCUT2D eigenvalue weighted by atomic mass is 10.1. The lowest BCUT2D eigenvalue weighted by Crippen LogP contribution is -2.46. The SMILES string of the molecule is CCCCCNC1NC(C)Nc2sc3c(c21)CCC3.O=C(O)/C=C\C(=O)O. The number of carbonyl (C=O) groups is 2. The van der Waals surface area contributed by atoms with Crippen molar-refractivity contribution in [2.45, 2.75) is 64.7 Å². The first-order chi connectivity index (χ1) is 12.9. The summed E-state index contributed by atoms with van der Waals surface area (Å²) in [6.07, 6.45) is 9.60. The molecule has 2 atom stereocenters. The third-order valence-electron chi connectivity index (χ3n) is 4.51. The Labute approximate surface area is 163 Å². The number of nitrogens with one attached hydrogen (secondary N) is 3. The van der Waals surface area contributed by atoms with Gasteiger partial charge in [0.1, 0.15) is 0 Å². The van der Waals surface area contributed by atoms with Crippen LogP contribution in [0.5, 0.6) is 0 Å². The minimum Gasteiger partial charge on any atom is -0.478 e. The van der Waals surface area contributed by atoms with Crippen LogP contribution >= 0.6 is 11.3 Å². The topological polar surface area (TPSA) is 111 Å². The third kappa shape index (κ3) is 6.34. The molecule has 3 rings (SSSR count).